The van der Waals surface area contributed by atoms with E-state index in [0.29, 0.717) is 17.8 Å². The molecule has 1 N–H and O–H groups in total. The monoisotopic (exact) mass is 230 g/mol. The van der Waals surface area contributed by atoms with Gasteiger partial charge in [0.2, 0.25) is 0 Å². The smallest absolute Gasteiger partial charge is 0.144 e. The molecule has 0 radical (unpaired) electrons. The van der Waals surface area contributed by atoms with Gasteiger partial charge in [-0.1, -0.05) is 6.07 Å². The maximum atomic E-state index is 9.01. The topological polar surface area (TPSA) is 52.0 Å². The zero-order valence-electron chi connectivity index (χ0n) is 10.3. The van der Waals surface area contributed by atoms with Crippen molar-refractivity contribution in [1.82, 2.24) is 15.2 Å². The molecule has 0 aromatic carbocycles. The molecule has 1 saturated heterocycles. The maximum absolute atomic E-state index is 9.01. The summed E-state index contributed by atoms with van der Waals surface area (Å²) in [4.78, 5) is 6.48. The molecule has 1 aliphatic heterocycles. The Morgan fingerprint density at radius 3 is 2.82 bits per heavy atom. The van der Waals surface area contributed by atoms with Crippen molar-refractivity contribution >= 4 is 0 Å². The molecule has 0 bridgehead atoms. The summed E-state index contributed by atoms with van der Waals surface area (Å²) < 4.78 is 0. The Morgan fingerprint density at radius 2 is 2.18 bits per heavy atom. The van der Waals surface area contributed by atoms with Crippen molar-refractivity contribution < 1.29 is 0 Å². The first-order valence-corrected chi connectivity index (χ1v) is 6.01. The molecule has 0 amide bonds. The summed E-state index contributed by atoms with van der Waals surface area (Å²) in [5, 5.41) is 12.5. The highest BCUT2D eigenvalue weighted by atomic mass is 15.2. The van der Waals surface area contributed by atoms with E-state index in [1.165, 1.54) is 0 Å². The van der Waals surface area contributed by atoms with E-state index in [9.17, 15) is 0 Å². The second-order valence-electron chi connectivity index (χ2n) is 4.79. The van der Waals surface area contributed by atoms with Gasteiger partial charge in [0.05, 0.1) is 0 Å². The minimum Gasteiger partial charge on any atom is -0.309 e. The average molecular weight is 230 g/mol. The van der Waals surface area contributed by atoms with Crippen LogP contribution in [0.25, 0.3) is 0 Å². The molecule has 2 unspecified atom stereocenters. The Morgan fingerprint density at radius 1 is 1.47 bits per heavy atom. The average Bonchev–Trinajstić information content (AvgIpc) is 2.28. The molecule has 90 valence electrons. The van der Waals surface area contributed by atoms with Gasteiger partial charge in [-0.25, -0.2) is 4.98 Å². The number of nitrogens with one attached hydrogen (secondary N) is 1. The van der Waals surface area contributed by atoms with Crippen molar-refractivity contribution in [3.05, 3.63) is 29.6 Å². The van der Waals surface area contributed by atoms with Gasteiger partial charge in [0, 0.05) is 43.5 Å². The summed E-state index contributed by atoms with van der Waals surface area (Å²) in [7, 11) is 0. The van der Waals surface area contributed by atoms with E-state index in [2.05, 4.69) is 35.1 Å². The normalized spacial score (nSPS) is 25.5. The molecular formula is C13H18N4. The van der Waals surface area contributed by atoms with Crippen LogP contribution >= 0.6 is 0 Å². The molecule has 2 heterocycles. The number of pyridine rings is 1. The lowest BCUT2D eigenvalue weighted by Crippen LogP contribution is -2.53. The van der Waals surface area contributed by atoms with Crippen LogP contribution in [0.4, 0.5) is 0 Å². The highest BCUT2D eigenvalue weighted by Crippen LogP contribution is 2.12. The number of hydrogen-bond acceptors (Lipinski definition) is 4. The Hall–Kier alpha value is -1.44. The molecule has 0 spiro atoms. The maximum Gasteiger partial charge on any atom is 0.144 e. The van der Waals surface area contributed by atoms with Gasteiger partial charge in [-0.2, -0.15) is 5.26 Å². The molecule has 4 nitrogen and oxygen atoms in total. The Balaban J connectivity index is 2.08. The van der Waals surface area contributed by atoms with Crippen molar-refractivity contribution in [1.29, 1.82) is 5.26 Å². The second-order valence-corrected chi connectivity index (χ2v) is 4.79. The van der Waals surface area contributed by atoms with Crippen LogP contribution in [0.5, 0.6) is 0 Å². The zero-order valence-corrected chi connectivity index (χ0v) is 10.3. The Labute approximate surface area is 102 Å². The SMILES string of the molecule is CC1CN(Cc2cccnc2C#N)CC(C)N1. The van der Waals surface area contributed by atoms with Crippen molar-refractivity contribution in [3.8, 4) is 6.07 Å². The highest BCUT2D eigenvalue weighted by molar-refractivity contribution is 5.30. The molecule has 2 rings (SSSR count). The molecule has 1 aromatic heterocycles. The van der Waals surface area contributed by atoms with Gasteiger partial charge in [-0.15, -0.1) is 0 Å². The number of nitrogens with zero attached hydrogens (tertiary/aromatic N) is 3. The minimum atomic E-state index is 0.501. The lowest BCUT2D eigenvalue weighted by atomic mass is 10.1. The largest absolute Gasteiger partial charge is 0.309 e. The fourth-order valence-electron chi connectivity index (χ4n) is 2.48. The van der Waals surface area contributed by atoms with E-state index in [1.807, 2.05) is 12.1 Å². The third-order valence-corrected chi connectivity index (χ3v) is 3.02. The summed E-state index contributed by atoms with van der Waals surface area (Å²) in [5.74, 6) is 0. The number of rotatable bonds is 2. The first kappa shape index (κ1) is 12.0. The van der Waals surface area contributed by atoms with Crippen LogP contribution in [0.15, 0.2) is 18.3 Å². The van der Waals surface area contributed by atoms with Crippen molar-refractivity contribution in [2.75, 3.05) is 13.1 Å². The molecule has 0 saturated carbocycles. The summed E-state index contributed by atoms with van der Waals surface area (Å²) in [6.45, 7) is 7.23. The Kier molecular flexibility index (Phi) is 3.72. The van der Waals surface area contributed by atoms with Crippen molar-refractivity contribution in [2.24, 2.45) is 0 Å². The lowest BCUT2D eigenvalue weighted by Gasteiger charge is -2.36. The second kappa shape index (κ2) is 5.26. The summed E-state index contributed by atoms with van der Waals surface area (Å²) >= 11 is 0. The fraction of sp³-hybridized carbons (Fsp3) is 0.538. The van der Waals surface area contributed by atoms with Crippen LogP contribution in [0.1, 0.15) is 25.1 Å². The number of aromatic nitrogens is 1. The highest BCUT2D eigenvalue weighted by Gasteiger charge is 2.21. The third kappa shape index (κ3) is 3.02. The van der Waals surface area contributed by atoms with Gasteiger partial charge < -0.3 is 5.32 Å². The van der Waals surface area contributed by atoms with Crippen LogP contribution in [-0.4, -0.2) is 35.1 Å². The molecule has 1 aliphatic rings. The van der Waals surface area contributed by atoms with Gasteiger partial charge in [-0.05, 0) is 19.9 Å². The van der Waals surface area contributed by atoms with Gasteiger partial charge in [0.25, 0.3) is 0 Å². The molecule has 1 fully saturated rings. The molecule has 2 atom stereocenters. The number of hydrogen-bond donors (Lipinski definition) is 1. The first-order valence-electron chi connectivity index (χ1n) is 6.01. The molecule has 0 aliphatic carbocycles. The minimum absolute atomic E-state index is 0.501. The van der Waals surface area contributed by atoms with E-state index in [-0.39, 0.29) is 0 Å². The van der Waals surface area contributed by atoms with E-state index in [4.69, 9.17) is 5.26 Å². The molecular weight excluding hydrogens is 212 g/mol. The van der Waals surface area contributed by atoms with Gasteiger partial charge in [-0.3, -0.25) is 4.90 Å². The van der Waals surface area contributed by atoms with Crippen LogP contribution < -0.4 is 5.32 Å². The summed E-state index contributed by atoms with van der Waals surface area (Å²) in [5.41, 5.74) is 1.57. The fourth-order valence-corrected chi connectivity index (χ4v) is 2.48. The third-order valence-electron chi connectivity index (χ3n) is 3.02. The van der Waals surface area contributed by atoms with E-state index in [0.717, 1.165) is 25.2 Å². The quantitative estimate of drug-likeness (QED) is 0.827. The van der Waals surface area contributed by atoms with Crippen LogP contribution in [0, 0.1) is 11.3 Å². The number of piperazine rings is 1. The van der Waals surface area contributed by atoms with Crippen LogP contribution in [0.3, 0.4) is 0 Å². The standard InChI is InChI=1S/C13H18N4/c1-10-7-17(8-11(2)16-10)9-12-4-3-5-15-13(12)6-14/h3-5,10-11,16H,7-9H2,1-2H3. The van der Waals surface area contributed by atoms with Crippen molar-refractivity contribution in [3.63, 3.8) is 0 Å². The van der Waals surface area contributed by atoms with Crippen LogP contribution in [-0.2, 0) is 6.54 Å². The zero-order chi connectivity index (χ0) is 12.3. The van der Waals surface area contributed by atoms with Gasteiger partial charge in [0.15, 0.2) is 0 Å². The van der Waals surface area contributed by atoms with Crippen LogP contribution in [0.2, 0.25) is 0 Å². The van der Waals surface area contributed by atoms with Gasteiger partial charge >= 0.3 is 0 Å². The predicted octanol–water partition coefficient (Wildman–Crippen LogP) is 1.14. The first-order chi connectivity index (χ1) is 8.19. The Bertz CT molecular complexity index is 414. The van der Waals surface area contributed by atoms with Crippen molar-refractivity contribution in [2.45, 2.75) is 32.5 Å². The lowest BCUT2D eigenvalue weighted by molar-refractivity contribution is 0.166. The van der Waals surface area contributed by atoms with E-state index >= 15 is 0 Å². The molecule has 1 aromatic rings. The number of nitriles is 1. The molecule has 4 heteroatoms. The molecule has 17 heavy (non-hydrogen) atoms. The summed E-state index contributed by atoms with van der Waals surface area (Å²) in [6.07, 6.45) is 1.67. The van der Waals surface area contributed by atoms with Gasteiger partial charge in [0.1, 0.15) is 11.8 Å². The van der Waals surface area contributed by atoms with E-state index < -0.39 is 0 Å². The predicted molar refractivity (Wildman–Crippen MR) is 66.3 cm³/mol. The summed E-state index contributed by atoms with van der Waals surface area (Å²) in [6, 6.07) is 7.04. The van der Waals surface area contributed by atoms with E-state index in [1.54, 1.807) is 6.20 Å².